The molecule has 0 atom stereocenters. The van der Waals surface area contributed by atoms with Gasteiger partial charge in [-0.15, -0.1) is 0 Å². The number of para-hydroxylation sites is 1. The Labute approximate surface area is 151 Å². The van der Waals surface area contributed by atoms with Gasteiger partial charge in [0.2, 0.25) is 5.43 Å². The van der Waals surface area contributed by atoms with Crippen molar-refractivity contribution in [3.8, 4) is 5.69 Å². The maximum atomic E-state index is 12.6. The van der Waals surface area contributed by atoms with E-state index in [1.165, 1.54) is 5.56 Å². The van der Waals surface area contributed by atoms with Crippen LogP contribution in [0, 0.1) is 6.92 Å². The lowest BCUT2D eigenvalue weighted by Gasteiger charge is -2.00. The smallest absolute Gasteiger partial charge is 0.204 e. The highest BCUT2D eigenvalue weighted by Crippen LogP contribution is 2.21. The fraction of sp³-hybridized carbons (Fsp3) is 0.0435. The Morgan fingerprint density at radius 2 is 1.50 bits per heavy atom. The largest absolute Gasteiger partial charge is 0.288 e. The molecule has 0 amide bonds. The molecule has 0 saturated carbocycles. The van der Waals surface area contributed by atoms with E-state index < -0.39 is 0 Å². The van der Waals surface area contributed by atoms with Crippen molar-refractivity contribution in [2.45, 2.75) is 6.92 Å². The first kappa shape index (κ1) is 16.0. The van der Waals surface area contributed by atoms with E-state index in [2.05, 4.69) is 31.2 Å². The molecule has 3 nitrogen and oxygen atoms in total. The normalized spacial score (nSPS) is 11.3. The average Bonchev–Trinajstić information content (AvgIpc) is 2.93. The van der Waals surface area contributed by atoms with Gasteiger partial charge >= 0.3 is 0 Å². The fourth-order valence-electron chi connectivity index (χ4n) is 2.95. The van der Waals surface area contributed by atoms with E-state index >= 15 is 0 Å². The van der Waals surface area contributed by atoms with Gasteiger partial charge in [0.05, 0.1) is 11.4 Å². The number of aryl methyl sites for hydroxylation is 1. The lowest BCUT2D eigenvalue weighted by atomic mass is 10.1. The third kappa shape index (κ3) is 3.07. The molecule has 0 fully saturated rings. The standard InChI is InChI=1S/C23H18N2O/c1-17-11-13-18(14-12-17)15-16-21-20-9-5-6-10-22(26)23(20)25(24-21)19-7-3-2-4-8-19/h2-16H,1H3. The third-order valence-electron chi connectivity index (χ3n) is 4.32. The first-order valence-electron chi connectivity index (χ1n) is 8.55. The van der Waals surface area contributed by atoms with Crippen molar-refractivity contribution in [3.05, 3.63) is 106 Å². The maximum absolute atomic E-state index is 12.6. The molecule has 26 heavy (non-hydrogen) atoms. The summed E-state index contributed by atoms with van der Waals surface area (Å²) < 4.78 is 1.73. The molecule has 0 spiro atoms. The molecule has 3 heteroatoms. The van der Waals surface area contributed by atoms with Crippen LogP contribution in [0.3, 0.4) is 0 Å². The summed E-state index contributed by atoms with van der Waals surface area (Å²) in [5, 5.41) is 5.55. The molecule has 3 aromatic carbocycles. The van der Waals surface area contributed by atoms with Crippen LogP contribution in [0.4, 0.5) is 0 Å². The number of hydrogen-bond acceptors (Lipinski definition) is 2. The molecule has 1 heterocycles. The minimum atomic E-state index is -0.0451. The molecule has 1 aromatic heterocycles. The van der Waals surface area contributed by atoms with Crippen LogP contribution < -0.4 is 5.43 Å². The Hall–Kier alpha value is -3.46. The second-order valence-corrected chi connectivity index (χ2v) is 6.22. The number of nitrogens with zero attached hydrogens (tertiary/aromatic N) is 2. The summed E-state index contributed by atoms with van der Waals surface area (Å²) in [5.41, 5.74) is 4.51. The van der Waals surface area contributed by atoms with Crippen LogP contribution in [0.25, 0.3) is 28.7 Å². The molecule has 0 saturated heterocycles. The highest BCUT2D eigenvalue weighted by atomic mass is 16.1. The van der Waals surface area contributed by atoms with Crippen LogP contribution in [-0.2, 0) is 0 Å². The highest BCUT2D eigenvalue weighted by Gasteiger charge is 2.11. The minimum Gasteiger partial charge on any atom is -0.288 e. The molecule has 0 unspecified atom stereocenters. The Balaban J connectivity index is 1.91. The summed E-state index contributed by atoms with van der Waals surface area (Å²) in [6.07, 6.45) is 3.99. The van der Waals surface area contributed by atoms with Gasteiger partial charge in [0.1, 0.15) is 5.52 Å². The summed E-state index contributed by atoms with van der Waals surface area (Å²) in [7, 11) is 0. The van der Waals surface area contributed by atoms with Crippen molar-refractivity contribution < 1.29 is 0 Å². The van der Waals surface area contributed by atoms with Crippen molar-refractivity contribution in [1.29, 1.82) is 0 Å². The Morgan fingerprint density at radius 3 is 2.27 bits per heavy atom. The lowest BCUT2D eigenvalue weighted by Crippen LogP contribution is -2.04. The molecule has 0 radical (unpaired) electrons. The van der Waals surface area contributed by atoms with Gasteiger partial charge < -0.3 is 0 Å². The van der Waals surface area contributed by atoms with Crippen LogP contribution in [0.2, 0.25) is 0 Å². The fourth-order valence-corrected chi connectivity index (χ4v) is 2.95. The van der Waals surface area contributed by atoms with Crippen molar-refractivity contribution in [3.63, 3.8) is 0 Å². The van der Waals surface area contributed by atoms with Crippen LogP contribution >= 0.6 is 0 Å². The summed E-state index contributed by atoms with van der Waals surface area (Å²) in [6.45, 7) is 2.07. The first-order chi connectivity index (χ1) is 12.7. The molecule has 0 aliphatic carbocycles. The Kier molecular flexibility index (Phi) is 4.20. The highest BCUT2D eigenvalue weighted by molar-refractivity contribution is 5.90. The molecule has 4 rings (SSSR count). The second-order valence-electron chi connectivity index (χ2n) is 6.22. The average molecular weight is 338 g/mol. The number of rotatable bonds is 3. The molecule has 4 aromatic rings. The Morgan fingerprint density at radius 1 is 0.808 bits per heavy atom. The molecule has 0 N–H and O–H groups in total. The molecule has 0 aliphatic rings. The van der Waals surface area contributed by atoms with E-state index in [1.807, 2.05) is 54.6 Å². The predicted molar refractivity (Wildman–Crippen MR) is 107 cm³/mol. The van der Waals surface area contributed by atoms with E-state index in [1.54, 1.807) is 16.8 Å². The number of hydrogen-bond donors (Lipinski definition) is 0. The van der Waals surface area contributed by atoms with E-state index in [-0.39, 0.29) is 5.43 Å². The van der Waals surface area contributed by atoms with Gasteiger partial charge in [-0.2, -0.15) is 5.10 Å². The van der Waals surface area contributed by atoms with E-state index in [4.69, 9.17) is 5.10 Å². The number of fused-ring (bicyclic) bond motifs is 1. The van der Waals surface area contributed by atoms with Gasteiger partial charge in [-0.05, 0) is 36.8 Å². The van der Waals surface area contributed by atoms with Crippen LogP contribution in [-0.4, -0.2) is 9.78 Å². The van der Waals surface area contributed by atoms with Crippen molar-refractivity contribution in [1.82, 2.24) is 9.78 Å². The van der Waals surface area contributed by atoms with Crippen molar-refractivity contribution in [2.24, 2.45) is 0 Å². The zero-order chi connectivity index (χ0) is 17.9. The zero-order valence-corrected chi connectivity index (χ0v) is 14.5. The van der Waals surface area contributed by atoms with Gasteiger partial charge in [0.15, 0.2) is 0 Å². The van der Waals surface area contributed by atoms with Crippen molar-refractivity contribution in [2.75, 3.05) is 0 Å². The number of benzene rings is 2. The van der Waals surface area contributed by atoms with Crippen molar-refractivity contribution >= 4 is 23.1 Å². The monoisotopic (exact) mass is 338 g/mol. The quantitative estimate of drug-likeness (QED) is 0.534. The molecular formula is C23H18N2O. The second kappa shape index (κ2) is 6.81. The van der Waals surface area contributed by atoms with Crippen LogP contribution in [0.1, 0.15) is 16.8 Å². The van der Waals surface area contributed by atoms with Gasteiger partial charge in [-0.25, -0.2) is 4.68 Å². The number of aromatic nitrogens is 2. The van der Waals surface area contributed by atoms with E-state index in [0.717, 1.165) is 22.3 Å². The van der Waals surface area contributed by atoms with Gasteiger partial charge in [0.25, 0.3) is 0 Å². The summed E-state index contributed by atoms with van der Waals surface area (Å²) in [5.74, 6) is 0. The summed E-state index contributed by atoms with van der Waals surface area (Å²) in [6, 6.07) is 25.2. The predicted octanol–water partition coefficient (Wildman–Crippen LogP) is 4.86. The first-order valence-corrected chi connectivity index (χ1v) is 8.55. The van der Waals surface area contributed by atoms with Gasteiger partial charge in [-0.1, -0.05) is 72.3 Å². The van der Waals surface area contributed by atoms with Gasteiger partial charge in [-0.3, -0.25) is 4.79 Å². The molecule has 126 valence electrons. The molecule has 0 aliphatic heterocycles. The van der Waals surface area contributed by atoms with E-state index in [9.17, 15) is 4.79 Å². The molecule has 0 bridgehead atoms. The van der Waals surface area contributed by atoms with E-state index in [0.29, 0.717) is 5.52 Å². The Bertz CT molecular complexity index is 1140. The summed E-state index contributed by atoms with van der Waals surface area (Å²) in [4.78, 5) is 12.6. The van der Waals surface area contributed by atoms with Crippen LogP contribution in [0.15, 0.2) is 83.7 Å². The lowest BCUT2D eigenvalue weighted by molar-refractivity contribution is 0.902. The van der Waals surface area contributed by atoms with Gasteiger partial charge in [0, 0.05) is 5.39 Å². The SMILES string of the molecule is Cc1ccc(C=Cc2nn(-c3ccccc3)c3c(=O)ccccc23)cc1. The maximum Gasteiger partial charge on any atom is 0.204 e. The van der Waals surface area contributed by atoms with Crippen LogP contribution in [0.5, 0.6) is 0 Å². The topological polar surface area (TPSA) is 34.9 Å². The minimum absolute atomic E-state index is 0.0451. The zero-order valence-electron chi connectivity index (χ0n) is 14.5. The molecular weight excluding hydrogens is 320 g/mol. The summed E-state index contributed by atoms with van der Waals surface area (Å²) >= 11 is 0. The third-order valence-corrected chi connectivity index (χ3v) is 4.32.